The molecular weight excluding hydrogens is 305 g/mol. The molecule has 1 aromatic rings. The first-order chi connectivity index (χ1) is 8.08. The van der Waals surface area contributed by atoms with E-state index in [1.807, 2.05) is 0 Å². The molecule has 1 aromatic carbocycles. The predicted octanol–water partition coefficient (Wildman–Crippen LogP) is 4.08. The highest BCUT2D eigenvalue weighted by atomic mass is 79.9. The van der Waals surface area contributed by atoms with Gasteiger partial charge in [0.25, 0.3) is 0 Å². The number of piperidine rings is 1. The summed E-state index contributed by atoms with van der Waals surface area (Å²) in [5.41, 5.74) is 0.620. The van der Waals surface area contributed by atoms with E-state index in [9.17, 15) is 4.39 Å². The Morgan fingerprint density at radius 3 is 2.94 bits per heavy atom. The Morgan fingerprint density at radius 2 is 2.29 bits per heavy atom. The third-order valence-corrected chi connectivity index (χ3v) is 5.04. The number of hydrogen-bond donors (Lipinski definition) is 0. The number of alkyl halides is 1. The van der Waals surface area contributed by atoms with Crippen LogP contribution in [0.15, 0.2) is 18.2 Å². The second kappa shape index (κ2) is 5.68. The third-order valence-electron chi connectivity index (χ3n) is 3.33. The molecule has 2 rings (SSSR count). The van der Waals surface area contributed by atoms with Crippen molar-refractivity contribution < 1.29 is 4.39 Å². The van der Waals surface area contributed by atoms with E-state index < -0.39 is 0 Å². The number of benzene rings is 1. The van der Waals surface area contributed by atoms with E-state index in [0.717, 1.165) is 19.5 Å². The Labute approximate surface area is 115 Å². The van der Waals surface area contributed by atoms with Gasteiger partial charge < -0.3 is 0 Å². The maximum Gasteiger partial charge on any atom is 0.129 e. The first-order valence-electron chi connectivity index (χ1n) is 5.87. The van der Waals surface area contributed by atoms with Crippen LogP contribution >= 0.6 is 27.5 Å². The molecule has 1 fully saturated rings. The maximum atomic E-state index is 13.7. The van der Waals surface area contributed by atoms with Crippen molar-refractivity contribution in [2.75, 3.05) is 13.1 Å². The number of likely N-dealkylation sites (tertiary alicyclic amines) is 1. The van der Waals surface area contributed by atoms with Crippen LogP contribution in [0.4, 0.5) is 4.39 Å². The van der Waals surface area contributed by atoms with Gasteiger partial charge in [-0.25, -0.2) is 4.39 Å². The summed E-state index contributed by atoms with van der Waals surface area (Å²) in [5.74, 6) is 0.389. The Balaban J connectivity index is 2.06. The molecular formula is C13H16BrClFN. The topological polar surface area (TPSA) is 3.24 Å². The zero-order chi connectivity index (χ0) is 12.4. The highest BCUT2D eigenvalue weighted by Gasteiger charge is 2.24. The molecule has 0 spiro atoms. The lowest BCUT2D eigenvalue weighted by Crippen LogP contribution is -2.39. The molecule has 1 aliphatic heterocycles. The lowest BCUT2D eigenvalue weighted by molar-refractivity contribution is 0.181. The average Bonchev–Trinajstić information content (AvgIpc) is 2.28. The van der Waals surface area contributed by atoms with Crippen LogP contribution in [0.5, 0.6) is 0 Å². The summed E-state index contributed by atoms with van der Waals surface area (Å²) in [6.45, 7) is 4.80. The lowest BCUT2D eigenvalue weighted by atomic mass is 9.99. The second-order valence-corrected chi connectivity index (χ2v) is 6.30. The van der Waals surface area contributed by atoms with Crippen LogP contribution in [0, 0.1) is 11.7 Å². The summed E-state index contributed by atoms with van der Waals surface area (Å²) in [6.07, 6.45) is 1.10. The van der Waals surface area contributed by atoms with Crippen molar-refractivity contribution in [2.45, 2.75) is 24.7 Å². The fourth-order valence-electron chi connectivity index (χ4n) is 2.25. The van der Waals surface area contributed by atoms with Crippen LogP contribution in [0.25, 0.3) is 0 Å². The molecule has 0 saturated carbocycles. The fourth-order valence-corrected chi connectivity index (χ4v) is 2.85. The summed E-state index contributed by atoms with van der Waals surface area (Å²) in [5, 5.41) is 0.526. The highest BCUT2D eigenvalue weighted by Crippen LogP contribution is 2.27. The number of hydrogen-bond acceptors (Lipinski definition) is 1. The largest absolute Gasteiger partial charge is 0.299 e. The van der Waals surface area contributed by atoms with Crippen LogP contribution in [0.2, 0.25) is 5.02 Å². The van der Waals surface area contributed by atoms with Gasteiger partial charge in [-0.3, -0.25) is 4.90 Å². The molecule has 4 heteroatoms. The molecule has 17 heavy (non-hydrogen) atoms. The van der Waals surface area contributed by atoms with E-state index in [1.165, 1.54) is 6.07 Å². The molecule has 94 valence electrons. The molecule has 0 aromatic heterocycles. The van der Waals surface area contributed by atoms with Crippen molar-refractivity contribution >= 4 is 27.5 Å². The molecule has 1 nitrogen and oxygen atoms in total. The van der Waals surface area contributed by atoms with E-state index >= 15 is 0 Å². The molecule has 1 aliphatic rings. The Morgan fingerprint density at radius 1 is 1.53 bits per heavy atom. The normalized spacial score (nSPS) is 26.1. The summed E-state index contributed by atoms with van der Waals surface area (Å²) in [4.78, 5) is 2.85. The quantitative estimate of drug-likeness (QED) is 0.742. The van der Waals surface area contributed by atoms with Crippen molar-refractivity contribution in [3.05, 3.63) is 34.6 Å². The first kappa shape index (κ1) is 13.3. The van der Waals surface area contributed by atoms with Gasteiger partial charge in [-0.05, 0) is 31.0 Å². The van der Waals surface area contributed by atoms with Crippen molar-refractivity contribution in [3.8, 4) is 0 Å². The van der Waals surface area contributed by atoms with Gasteiger partial charge in [0.2, 0.25) is 0 Å². The summed E-state index contributed by atoms with van der Waals surface area (Å²) in [7, 11) is 0. The molecule has 2 atom stereocenters. The Bertz CT molecular complexity index is 379. The molecule has 0 bridgehead atoms. The summed E-state index contributed by atoms with van der Waals surface area (Å²) >= 11 is 9.71. The van der Waals surface area contributed by atoms with Crippen LogP contribution in [0.1, 0.15) is 18.9 Å². The number of nitrogens with zero attached hydrogens (tertiary/aromatic N) is 1. The fraction of sp³-hybridized carbons (Fsp3) is 0.538. The van der Waals surface area contributed by atoms with Crippen molar-refractivity contribution in [2.24, 2.45) is 5.92 Å². The lowest BCUT2D eigenvalue weighted by Gasteiger charge is -2.34. The van der Waals surface area contributed by atoms with Crippen LogP contribution in [-0.2, 0) is 6.54 Å². The molecule has 1 heterocycles. The smallest absolute Gasteiger partial charge is 0.129 e. The summed E-state index contributed by atoms with van der Waals surface area (Å²) < 4.78 is 13.7. The molecule has 0 aliphatic carbocycles. The summed E-state index contributed by atoms with van der Waals surface area (Å²) in [6, 6.07) is 4.87. The van der Waals surface area contributed by atoms with E-state index in [1.54, 1.807) is 12.1 Å². The van der Waals surface area contributed by atoms with Gasteiger partial charge >= 0.3 is 0 Å². The van der Waals surface area contributed by atoms with Gasteiger partial charge in [0.15, 0.2) is 0 Å². The van der Waals surface area contributed by atoms with E-state index in [0.29, 0.717) is 27.9 Å². The second-order valence-electron chi connectivity index (χ2n) is 4.72. The van der Waals surface area contributed by atoms with Crippen LogP contribution in [0.3, 0.4) is 0 Å². The molecule has 2 unspecified atom stereocenters. The highest BCUT2D eigenvalue weighted by molar-refractivity contribution is 9.09. The van der Waals surface area contributed by atoms with Crippen molar-refractivity contribution in [1.82, 2.24) is 4.90 Å². The molecule has 0 N–H and O–H groups in total. The van der Waals surface area contributed by atoms with Crippen LogP contribution in [-0.4, -0.2) is 22.8 Å². The van der Waals surface area contributed by atoms with Crippen LogP contribution < -0.4 is 0 Å². The van der Waals surface area contributed by atoms with Crippen molar-refractivity contribution in [1.29, 1.82) is 0 Å². The third kappa shape index (κ3) is 3.21. The monoisotopic (exact) mass is 319 g/mol. The van der Waals surface area contributed by atoms with Gasteiger partial charge in [-0.15, -0.1) is 0 Å². The Kier molecular flexibility index (Phi) is 4.45. The van der Waals surface area contributed by atoms with E-state index in [2.05, 4.69) is 27.8 Å². The Hall–Kier alpha value is -0.120. The number of rotatable bonds is 2. The van der Waals surface area contributed by atoms with Gasteiger partial charge in [0.1, 0.15) is 5.82 Å². The molecule has 1 saturated heterocycles. The minimum Gasteiger partial charge on any atom is -0.299 e. The predicted molar refractivity (Wildman–Crippen MR) is 73.2 cm³/mol. The average molecular weight is 321 g/mol. The van der Waals surface area contributed by atoms with Gasteiger partial charge in [0.05, 0.1) is 0 Å². The zero-order valence-electron chi connectivity index (χ0n) is 9.80. The molecule has 0 amide bonds. The standard InChI is InChI=1S/C13H16BrClFN/c1-9-7-17(6-5-11(9)14)8-10-12(15)3-2-4-13(10)16/h2-4,9,11H,5-8H2,1H3. The zero-order valence-corrected chi connectivity index (χ0v) is 12.1. The minimum atomic E-state index is -0.203. The SMILES string of the molecule is CC1CN(Cc2c(F)cccc2Cl)CCC1Br. The molecule has 0 radical (unpaired) electrons. The first-order valence-corrected chi connectivity index (χ1v) is 7.16. The van der Waals surface area contributed by atoms with Crippen molar-refractivity contribution in [3.63, 3.8) is 0 Å². The van der Waals surface area contributed by atoms with Gasteiger partial charge in [-0.1, -0.05) is 40.5 Å². The van der Waals surface area contributed by atoms with Gasteiger partial charge in [-0.2, -0.15) is 0 Å². The number of halogens is 3. The minimum absolute atomic E-state index is 0.203. The van der Waals surface area contributed by atoms with Gasteiger partial charge in [0, 0.05) is 28.5 Å². The van der Waals surface area contributed by atoms with E-state index in [-0.39, 0.29) is 5.82 Å². The maximum absolute atomic E-state index is 13.7. The van der Waals surface area contributed by atoms with E-state index in [4.69, 9.17) is 11.6 Å².